The van der Waals surface area contributed by atoms with E-state index in [1.54, 1.807) is 11.8 Å². The molecule has 0 heterocycles. The highest BCUT2D eigenvalue weighted by atomic mass is 32.2. The van der Waals surface area contributed by atoms with E-state index in [2.05, 4.69) is 73.9 Å². The second-order valence-electron chi connectivity index (χ2n) is 4.72. The van der Waals surface area contributed by atoms with Gasteiger partial charge in [0, 0.05) is 4.90 Å². The van der Waals surface area contributed by atoms with Gasteiger partial charge in [-0.15, -0.1) is 11.8 Å². The Kier molecular flexibility index (Phi) is 5.29. The van der Waals surface area contributed by atoms with E-state index in [-0.39, 0.29) is 0 Å². The zero-order chi connectivity index (χ0) is 13.5. The smallest absolute Gasteiger partial charge is 0.00693 e. The summed E-state index contributed by atoms with van der Waals surface area (Å²) in [6.45, 7) is 2.28. The van der Waals surface area contributed by atoms with Crippen LogP contribution in [0.15, 0.2) is 65.6 Å². The Bertz CT molecular complexity index is 511. The largest absolute Gasteiger partial charge is 0.130 e. The van der Waals surface area contributed by atoms with Gasteiger partial charge in [0.05, 0.1) is 0 Å². The van der Waals surface area contributed by atoms with Crippen LogP contribution in [-0.4, -0.2) is 6.26 Å². The molecule has 2 aromatic rings. The lowest BCUT2D eigenvalue weighted by Gasteiger charge is -2.09. The zero-order valence-corrected chi connectivity index (χ0v) is 12.4. The molecule has 0 radical (unpaired) electrons. The van der Waals surface area contributed by atoms with Crippen molar-refractivity contribution in [3.63, 3.8) is 0 Å². The van der Waals surface area contributed by atoms with Crippen molar-refractivity contribution in [1.29, 1.82) is 0 Å². The molecule has 2 aromatic carbocycles. The van der Waals surface area contributed by atoms with Crippen LogP contribution in [0.3, 0.4) is 0 Å². The quantitative estimate of drug-likeness (QED) is 0.635. The van der Waals surface area contributed by atoms with Crippen LogP contribution in [0.2, 0.25) is 0 Å². The third-order valence-corrected chi connectivity index (χ3v) is 4.03. The molecule has 0 aliphatic carbocycles. The molecule has 0 saturated heterocycles. The van der Waals surface area contributed by atoms with E-state index in [1.807, 2.05) is 6.07 Å². The molecule has 0 aliphatic heterocycles. The number of hydrogen-bond acceptors (Lipinski definition) is 1. The second-order valence-corrected chi connectivity index (χ2v) is 5.60. The first-order valence-corrected chi connectivity index (χ1v) is 7.87. The van der Waals surface area contributed by atoms with Gasteiger partial charge in [0.15, 0.2) is 0 Å². The Balaban J connectivity index is 1.93. The van der Waals surface area contributed by atoms with Crippen molar-refractivity contribution in [2.24, 2.45) is 0 Å². The zero-order valence-electron chi connectivity index (χ0n) is 11.5. The summed E-state index contributed by atoms with van der Waals surface area (Å²) in [6.07, 6.45) is 7.66. The first-order valence-electron chi connectivity index (χ1n) is 6.65. The number of hydrogen-bond donors (Lipinski definition) is 0. The Morgan fingerprint density at radius 1 is 1.00 bits per heavy atom. The van der Waals surface area contributed by atoms with E-state index >= 15 is 0 Å². The van der Waals surface area contributed by atoms with Crippen molar-refractivity contribution < 1.29 is 0 Å². The van der Waals surface area contributed by atoms with Crippen LogP contribution in [0.1, 0.15) is 30.4 Å². The highest BCUT2D eigenvalue weighted by molar-refractivity contribution is 7.98. The summed E-state index contributed by atoms with van der Waals surface area (Å²) in [4.78, 5) is 1.33. The van der Waals surface area contributed by atoms with E-state index in [4.69, 9.17) is 0 Å². The lowest BCUT2D eigenvalue weighted by atomic mass is 9.97. The number of rotatable bonds is 5. The fraction of sp³-hybridized carbons (Fsp3) is 0.222. The SMILES string of the molecule is CSc1ccc([C@@H](C)C/C=C/c2ccccc2)cc1. The maximum Gasteiger partial charge on any atom is 0.00693 e. The van der Waals surface area contributed by atoms with Crippen molar-refractivity contribution >= 4 is 17.8 Å². The monoisotopic (exact) mass is 268 g/mol. The molecular formula is C18H20S. The van der Waals surface area contributed by atoms with E-state index in [0.29, 0.717) is 5.92 Å². The molecule has 19 heavy (non-hydrogen) atoms. The van der Waals surface area contributed by atoms with Gasteiger partial charge in [0.1, 0.15) is 0 Å². The first-order chi connectivity index (χ1) is 9.29. The van der Waals surface area contributed by atoms with Crippen LogP contribution in [0.5, 0.6) is 0 Å². The van der Waals surface area contributed by atoms with Crippen molar-refractivity contribution in [2.45, 2.75) is 24.2 Å². The average Bonchev–Trinajstić information content (AvgIpc) is 2.48. The van der Waals surface area contributed by atoms with Gasteiger partial charge >= 0.3 is 0 Å². The van der Waals surface area contributed by atoms with Crippen molar-refractivity contribution in [2.75, 3.05) is 6.26 Å². The van der Waals surface area contributed by atoms with E-state index < -0.39 is 0 Å². The molecule has 1 atom stereocenters. The van der Waals surface area contributed by atoms with Crippen molar-refractivity contribution in [3.8, 4) is 0 Å². The third kappa shape index (κ3) is 4.29. The summed E-state index contributed by atoms with van der Waals surface area (Å²) >= 11 is 1.79. The van der Waals surface area contributed by atoms with Crippen LogP contribution in [-0.2, 0) is 0 Å². The summed E-state index contributed by atoms with van der Waals surface area (Å²) in [5.41, 5.74) is 2.68. The molecule has 0 unspecified atom stereocenters. The van der Waals surface area contributed by atoms with Gasteiger partial charge in [0.25, 0.3) is 0 Å². The summed E-state index contributed by atoms with van der Waals surface area (Å²) in [7, 11) is 0. The number of benzene rings is 2. The second kappa shape index (κ2) is 7.20. The van der Waals surface area contributed by atoms with Crippen LogP contribution in [0, 0.1) is 0 Å². The standard InChI is InChI=1S/C18H20S/c1-15(17-11-13-18(19-2)14-12-17)7-6-10-16-8-4-3-5-9-16/h3-6,8-15H,7H2,1-2H3/b10-6+/t15-/m0/s1. The minimum atomic E-state index is 0.566. The molecule has 0 spiro atoms. The van der Waals surface area contributed by atoms with Crippen LogP contribution in [0.4, 0.5) is 0 Å². The Morgan fingerprint density at radius 3 is 2.32 bits per heavy atom. The van der Waals surface area contributed by atoms with Gasteiger partial charge < -0.3 is 0 Å². The van der Waals surface area contributed by atoms with E-state index in [1.165, 1.54) is 16.0 Å². The first kappa shape index (κ1) is 14.0. The Hall–Kier alpha value is -1.47. The van der Waals surface area contributed by atoms with Crippen LogP contribution >= 0.6 is 11.8 Å². The molecule has 98 valence electrons. The molecule has 0 fully saturated rings. The molecule has 0 bridgehead atoms. The maximum atomic E-state index is 2.28. The normalized spacial score (nSPS) is 12.7. The summed E-state index contributed by atoms with van der Waals surface area (Å²) in [5, 5.41) is 0. The van der Waals surface area contributed by atoms with Gasteiger partial charge in [-0.05, 0) is 41.9 Å². The highest BCUT2D eigenvalue weighted by Gasteiger charge is 2.03. The highest BCUT2D eigenvalue weighted by Crippen LogP contribution is 2.23. The molecule has 0 amide bonds. The average molecular weight is 268 g/mol. The van der Waals surface area contributed by atoms with Crippen LogP contribution in [0.25, 0.3) is 6.08 Å². The summed E-state index contributed by atoms with van der Waals surface area (Å²) in [6, 6.07) is 19.4. The third-order valence-electron chi connectivity index (χ3n) is 3.28. The molecule has 0 N–H and O–H groups in total. The molecule has 0 nitrogen and oxygen atoms in total. The number of thioether (sulfide) groups is 1. The fourth-order valence-electron chi connectivity index (χ4n) is 2.04. The van der Waals surface area contributed by atoms with E-state index in [0.717, 1.165) is 6.42 Å². The lowest BCUT2D eigenvalue weighted by molar-refractivity contribution is 0.781. The minimum absolute atomic E-state index is 0.566. The molecule has 1 heteroatoms. The predicted octanol–water partition coefficient (Wildman–Crippen LogP) is 5.62. The Labute approximate surface area is 120 Å². The maximum absolute atomic E-state index is 2.28. The van der Waals surface area contributed by atoms with Gasteiger partial charge in [-0.1, -0.05) is 61.5 Å². The molecule has 0 saturated carbocycles. The molecule has 2 rings (SSSR count). The van der Waals surface area contributed by atoms with Gasteiger partial charge in [0.2, 0.25) is 0 Å². The van der Waals surface area contributed by atoms with Crippen molar-refractivity contribution in [3.05, 3.63) is 71.8 Å². The minimum Gasteiger partial charge on any atom is -0.130 e. The topological polar surface area (TPSA) is 0 Å². The number of allylic oxidation sites excluding steroid dienone is 1. The van der Waals surface area contributed by atoms with Crippen molar-refractivity contribution in [1.82, 2.24) is 0 Å². The lowest BCUT2D eigenvalue weighted by Crippen LogP contribution is -1.91. The predicted molar refractivity (Wildman–Crippen MR) is 86.7 cm³/mol. The molecule has 0 aliphatic rings. The van der Waals surface area contributed by atoms with Gasteiger partial charge in [-0.3, -0.25) is 0 Å². The molecule has 0 aromatic heterocycles. The van der Waals surface area contributed by atoms with E-state index in [9.17, 15) is 0 Å². The summed E-state index contributed by atoms with van der Waals surface area (Å²) < 4.78 is 0. The Morgan fingerprint density at radius 2 is 1.68 bits per heavy atom. The fourth-order valence-corrected chi connectivity index (χ4v) is 2.45. The van der Waals surface area contributed by atoms with Gasteiger partial charge in [-0.2, -0.15) is 0 Å². The van der Waals surface area contributed by atoms with Crippen LogP contribution < -0.4 is 0 Å². The molecular weight excluding hydrogens is 248 g/mol. The summed E-state index contributed by atoms with van der Waals surface area (Å²) in [5.74, 6) is 0.566. The van der Waals surface area contributed by atoms with Gasteiger partial charge in [-0.25, -0.2) is 0 Å².